The van der Waals surface area contributed by atoms with Gasteiger partial charge in [-0.05, 0) is 54.7 Å². The fraction of sp³-hybridized carbons (Fsp3) is 0.429. The number of hydrogen-bond donors (Lipinski definition) is 3. The molecule has 1 atom stereocenters. The Hall–Kier alpha value is -3.30. The number of aliphatic hydroxyl groups excluding tert-OH is 1. The fourth-order valence-corrected chi connectivity index (χ4v) is 5.12. The Morgan fingerprint density at radius 2 is 2.08 bits per heavy atom. The molecule has 0 saturated carbocycles. The van der Waals surface area contributed by atoms with Crippen LogP contribution in [-0.4, -0.2) is 56.6 Å². The number of carbonyl (C=O) groups excluding carboxylic acids is 1. The van der Waals surface area contributed by atoms with Gasteiger partial charge in [0.15, 0.2) is 0 Å². The third-order valence-electron chi connectivity index (χ3n) is 6.61. The molecule has 0 saturated heterocycles. The summed E-state index contributed by atoms with van der Waals surface area (Å²) >= 11 is 1.62. The summed E-state index contributed by atoms with van der Waals surface area (Å²) in [6.07, 6.45) is 10.2. The Labute approximate surface area is 222 Å². The first-order valence-corrected chi connectivity index (χ1v) is 13.9. The van der Waals surface area contributed by atoms with Crippen molar-refractivity contribution >= 4 is 50.9 Å². The monoisotopic (exact) mass is 520 g/mol. The molecular formula is C28H36N6O2S. The fourth-order valence-electron chi connectivity index (χ4n) is 4.40. The van der Waals surface area contributed by atoms with E-state index in [0.717, 1.165) is 71.9 Å². The van der Waals surface area contributed by atoms with Crippen molar-refractivity contribution in [1.29, 1.82) is 0 Å². The van der Waals surface area contributed by atoms with Gasteiger partial charge in [-0.25, -0.2) is 15.0 Å². The molecule has 9 heteroatoms. The van der Waals surface area contributed by atoms with Crippen LogP contribution >= 0.6 is 11.3 Å². The van der Waals surface area contributed by atoms with E-state index >= 15 is 0 Å². The quantitative estimate of drug-likeness (QED) is 0.364. The van der Waals surface area contributed by atoms with Crippen molar-refractivity contribution < 1.29 is 9.90 Å². The number of aromatic nitrogens is 3. The number of rotatable bonds is 7. The number of thiazole rings is 1. The molecule has 3 aromatic rings. The number of nitrogens with zero attached hydrogens (tertiary/aromatic N) is 4. The van der Waals surface area contributed by atoms with Crippen LogP contribution in [-0.2, 0) is 4.79 Å². The van der Waals surface area contributed by atoms with E-state index < -0.39 is 0 Å². The third-order valence-corrected chi connectivity index (χ3v) is 7.40. The zero-order valence-corrected chi connectivity index (χ0v) is 22.6. The predicted octanol–water partition coefficient (Wildman–Crippen LogP) is 5.76. The van der Waals surface area contributed by atoms with E-state index in [9.17, 15) is 4.79 Å². The summed E-state index contributed by atoms with van der Waals surface area (Å²) in [6.45, 7) is 8.17. The van der Waals surface area contributed by atoms with Crippen LogP contribution in [0.15, 0.2) is 47.3 Å². The third kappa shape index (κ3) is 6.72. The van der Waals surface area contributed by atoms with Gasteiger partial charge in [-0.2, -0.15) is 0 Å². The Bertz CT molecular complexity index is 1280. The molecule has 0 bridgehead atoms. The van der Waals surface area contributed by atoms with E-state index in [-0.39, 0.29) is 12.0 Å². The maximum atomic E-state index is 11.9. The van der Waals surface area contributed by atoms with Crippen molar-refractivity contribution in [2.45, 2.75) is 59.0 Å². The van der Waals surface area contributed by atoms with Gasteiger partial charge in [0.2, 0.25) is 5.91 Å². The SMILES string of the molecule is CCC(=O)N1CC=C(C2=Cc3c(ncnc3Nc3ccc4ncsc4c3)NC2)CC1.CCCC(O)CC. The summed E-state index contributed by atoms with van der Waals surface area (Å²) in [5.41, 5.74) is 7.29. The van der Waals surface area contributed by atoms with Gasteiger partial charge in [0, 0.05) is 31.7 Å². The zero-order chi connectivity index (χ0) is 26.2. The van der Waals surface area contributed by atoms with Gasteiger partial charge in [0.1, 0.15) is 18.0 Å². The second kappa shape index (κ2) is 12.8. The van der Waals surface area contributed by atoms with Crippen LogP contribution < -0.4 is 10.6 Å². The first kappa shape index (κ1) is 26.8. The van der Waals surface area contributed by atoms with Gasteiger partial charge >= 0.3 is 0 Å². The summed E-state index contributed by atoms with van der Waals surface area (Å²) in [6, 6.07) is 6.11. The van der Waals surface area contributed by atoms with Crippen LogP contribution in [0.25, 0.3) is 16.3 Å². The van der Waals surface area contributed by atoms with E-state index in [1.54, 1.807) is 17.7 Å². The summed E-state index contributed by atoms with van der Waals surface area (Å²) in [7, 11) is 0. The molecule has 2 aromatic heterocycles. The number of anilines is 3. The summed E-state index contributed by atoms with van der Waals surface area (Å²) in [5.74, 6) is 1.81. The molecule has 0 aliphatic carbocycles. The summed E-state index contributed by atoms with van der Waals surface area (Å²) < 4.78 is 1.14. The highest BCUT2D eigenvalue weighted by atomic mass is 32.1. The van der Waals surface area contributed by atoms with E-state index in [0.29, 0.717) is 13.0 Å². The molecule has 4 heterocycles. The minimum absolute atomic E-state index is 0.0509. The number of fused-ring (bicyclic) bond motifs is 2. The predicted molar refractivity (Wildman–Crippen MR) is 152 cm³/mol. The highest BCUT2D eigenvalue weighted by Crippen LogP contribution is 2.33. The first-order chi connectivity index (χ1) is 18.0. The normalized spacial score (nSPS) is 15.5. The highest BCUT2D eigenvalue weighted by molar-refractivity contribution is 7.16. The van der Waals surface area contributed by atoms with Crippen molar-refractivity contribution in [3.63, 3.8) is 0 Å². The van der Waals surface area contributed by atoms with Gasteiger partial charge in [-0.15, -0.1) is 11.3 Å². The summed E-state index contributed by atoms with van der Waals surface area (Å²) in [5, 5.41) is 15.7. The van der Waals surface area contributed by atoms with E-state index in [4.69, 9.17) is 5.11 Å². The van der Waals surface area contributed by atoms with Crippen molar-refractivity contribution in [2.24, 2.45) is 0 Å². The number of hydrogen-bond acceptors (Lipinski definition) is 8. The van der Waals surface area contributed by atoms with Gasteiger partial charge in [-0.1, -0.05) is 33.3 Å². The lowest BCUT2D eigenvalue weighted by Gasteiger charge is -2.29. The molecule has 1 aromatic carbocycles. The maximum absolute atomic E-state index is 11.9. The molecule has 3 N–H and O–H groups in total. The van der Waals surface area contributed by atoms with Crippen molar-refractivity contribution in [1.82, 2.24) is 19.9 Å². The molecule has 1 amide bonds. The molecule has 37 heavy (non-hydrogen) atoms. The van der Waals surface area contributed by atoms with Crippen LogP contribution in [0.2, 0.25) is 0 Å². The average molecular weight is 521 g/mol. The molecule has 2 aliphatic heterocycles. The Morgan fingerprint density at radius 3 is 2.78 bits per heavy atom. The lowest BCUT2D eigenvalue weighted by molar-refractivity contribution is -0.130. The average Bonchev–Trinajstić information content (AvgIpc) is 3.41. The van der Waals surface area contributed by atoms with Gasteiger partial charge in [0.05, 0.1) is 27.4 Å². The second-order valence-corrected chi connectivity index (χ2v) is 10.1. The molecule has 0 spiro atoms. The molecule has 0 radical (unpaired) electrons. The number of nitrogens with one attached hydrogen (secondary N) is 2. The maximum Gasteiger partial charge on any atom is 0.222 e. The lowest BCUT2D eigenvalue weighted by Crippen LogP contribution is -2.34. The molecule has 1 unspecified atom stereocenters. The largest absolute Gasteiger partial charge is 0.393 e. The van der Waals surface area contributed by atoms with Crippen LogP contribution in [0, 0.1) is 0 Å². The highest BCUT2D eigenvalue weighted by Gasteiger charge is 2.21. The standard InChI is InChI=1S/C22H22N6OS.C6H14O/c1-2-20(29)28-7-5-14(6-8-28)15-9-17-21(23-11-15)24-12-25-22(17)27-16-3-4-18-19(10-16)30-13-26-18;1-3-5-6(7)4-2/h3-5,9-10,12-13H,2,6-8,11H2,1H3,(H2,23,24,25,27);6-7H,3-5H2,1-2H3. The first-order valence-electron chi connectivity index (χ1n) is 13.1. The number of aliphatic hydroxyl groups is 1. The number of benzene rings is 1. The topological polar surface area (TPSA) is 103 Å². The molecule has 5 rings (SSSR count). The van der Waals surface area contributed by atoms with Gasteiger partial charge < -0.3 is 20.6 Å². The minimum Gasteiger partial charge on any atom is -0.393 e. The molecule has 2 aliphatic rings. The van der Waals surface area contributed by atoms with Crippen molar-refractivity contribution in [2.75, 3.05) is 30.3 Å². The Balaban J connectivity index is 0.000000405. The van der Waals surface area contributed by atoms with Crippen LogP contribution in [0.5, 0.6) is 0 Å². The van der Waals surface area contributed by atoms with E-state index in [1.165, 1.54) is 11.1 Å². The Kier molecular flexibility index (Phi) is 9.24. The molecule has 0 fully saturated rings. The zero-order valence-electron chi connectivity index (χ0n) is 21.8. The van der Waals surface area contributed by atoms with Gasteiger partial charge in [-0.3, -0.25) is 4.79 Å². The molecular weight excluding hydrogens is 484 g/mol. The molecule has 196 valence electrons. The van der Waals surface area contributed by atoms with Crippen LogP contribution in [0.4, 0.5) is 17.3 Å². The van der Waals surface area contributed by atoms with E-state index in [2.05, 4.69) is 50.7 Å². The van der Waals surface area contributed by atoms with Crippen molar-refractivity contribution in [3.8, 4) is 0 Å². The minimum atomic E-state index is -0.0509. The number of carbonyl (C=O) groups is 1. The second-order valence-electron chi connectivity index (χ2n) is 9.19. The Morgan fingerprint density at radius 1 is 1.22 bits per heavy atom. The van der Waals surface area contributed by atoms with Crippen LogP contribution in [0.3, 0.4) is 0 Å². The lowest BCUT2D eigenvalue weighted by atomic mass is 9.95. The molecule has 8 nitrogen and oxygen atoms in total. The van der Waals surface area contributed by atoms with E-state index in [1.807, 2.05) is 36.4 Å². The van der Waals surface area contributed by atoms with Gasteiger partial charge in [0.25, 0.3) is 0 Å². The smallest absolute Gasteiger partial charge is 0.222 e. The number of amides is 1. The van der Waals surface area contributed by atoms with Crippen LogP contribution in [0.1, 0.15) is 58.4 Å². The van der Waals surface area contributed by atoms with Crippen molar-refractivity contribution in [3.05, 3.63) is 52.8 Å². The summed E-state index contributed by atoms with van der Waals surface area (Å²) in [4.78, 5) is 27.1.